The third-order valence-electron chi connectivity index (χ3n) is 6.26. The van der Waals surface area contributed by atoms with E-state index in [2.05, 4.69) is 10.6 Å². The van der Waals surface area contributed by atoms with Gasteiger partial charge in [-0.1, -0.05) is 13.8 Å². The highest BCUT2D eigenvalue weighted by Gasteiger charge is 2.40. The summed E-state index contributed by atoms with van der Waals surface area (Å²) in [7, 11) is 0. The van der Waals surface area contributed by atoms with Crippen LogP contribution < -0.4 is 10.6 Å². The number of amides is 2. The summed E-state index contributed by atoms with van der Waals surface area (Å²) >= 11 is 0. The van der Waals surface area contributed by atoms with Crippen LogP contribution in [0.4, 0.5) is 0 Å². The van der Waals surface area contributed by atoms with Crippen LogP contribution in [0.15, 0.2) is 0 Å². The van der Waals surface area contributed by atoms with Crippen molar-refractivity contribution in [3.05, 3.63) is 0 Å². The second-order valence-corrected chi connectivity index (χ2v) is 11.8. The molecule has 38 heavy (non-hydrogen) atoms. The quantitative estimate of drug-likeness (QED) is 0.168. The van der Waals surface area contributed by atoms with Crippen molar-refractivity contribution in [2.24, 2.45) is 10.8 Å². The number of hydrogen-bond donors (Lipinski definition) is 4. The standard InChI is InChI=1S/C27H48N2O9/c1-18(30)11-13-27(7,8)38-15-12-19(2)37-16-14-28-21(31)10-9-20(22(32)33)29-23(34)25(3,4)17-26(5,6)24(35)36/h19-20H,9-17H2,1-8H3,(H,28,31)(H,29,34)(H,32,33)(H,35,36). The Bertz CT molecular complexity index is 821. The van der Waals surface area contributed by atoms with Gasteiger partial charge in [0, 0.05) is 31.4 Å². The predicted molar refractivity (Wildman–Crippen MR) is 142 cm³/mol. The molecule has 0 aliphatic rings. The van der Waals surface area contributed by atoms with Crippen LogP contribution in [-0.4, -0.2) is 77.3 Å². The number of hydrogen-bond acceptors (Lipinski definition) is 7. The fraction of sp³-hybridized carbons (Fsp3) is 0.815. The normalized spacial score (nSPS) is 13.9. The average Bonchev–Trinajstić information content (AvgIpc) is 2.76. The summed E-state index contributed by atoms with van der Waals surface area (Å²) in [5.41, 5.74) is -2.68. The Kier molecular flexibility index (Phi) is 14.7. The summed E-state index contributed by atoms with van der Waals surface area (Å²) in [6.07, 6.45) is 1.46. The Morgan fingerprint density at radius 1 is 0.868 bits per heavy atom. The molecule has 2 atom stereocenters. The molecule has 0 aromatic rings. The fourth-order valence-electron chi connectivity index (χ4n) is 3.82. The molecule has 0 aromatic heterocycles. The number of carbonyl (C=O) groups is 5. The summed E-state index contributed by atoms with van der Waals surface area (Å²) in [5, 5.41) is 23.9. The first-order valence-corrected chi connectivity index (χ1v) is 13.1. The molecule has 220 valence electrons. The molecule has 0 aliphatic carbocycles. The number of carboxylic acids is 2. The first kappa shape index (κ1) is 35.5. The summed E-state index contributed by atoms with van der Waals surface area (Å²) in [5.74, 6) is -3.16. The topological polar surface area (TPSA) is 168 Å². The van der Waals surface area contributed by atoms with Gasteiger partial charge in [0.05, 0.1) is 23.7 Å². The summed E-state index contributed by atoms with van der Waals surface area (Å²) in [4.78, 5) is 59.0. The minimum atomic E-state index is -1.28. The first-order valence-electron chi connectivity index (χ1n) is 13.1. The highest BCUT2D eigenvalue weighted by Crippen LogP contribution is 2.34. The molecule has 0 saturated heterocycles. The van der Waals surface area contributed by atoms with Gasteiger partial charge in [-0.05, 0) is 67.2 Å². The van der Waals surface area contributed by atoms with Gasteiger partial charge in [-0.15, -0.1) is 0 Å². The van der Waals surface area contributed by atoms with E-state index in [4.69, 9.17) is 9.47 Å². The maximum atomic E-state index is 12.7. The van der Waals surface area contributed by atoms with Crippen molar-refractivity contribution in [1.82, 2.24) is 10.6 Å². The van der Waals surface area contributed by atoms with Crippen LogP contribution >= 0.6 is 0 Å². The van der Waals surface area contributed by atoms with E-state index in [0.717, 1.165) is 0 Å². The van der Waals surface area contributed by atoms with Crippen LogP contribution in [0.2, 0.25) is 0 Å². The lowest BCUT2D eigenvalue weighted by molar-refractivity contribution is -0.151. The zero-order valence-electron chi connectivity index (χ0n) is 24.3. The molecule has 2 amide bonds. The molecule has 0 fully saturated rings. The Hall–Kier alpha value is -2.53. The lowest BCUT2D eigenvalue weighted by Gasteiger charge is -2.32. The monoisotopic (exact) mass is 544 g/mol. The molecule has 0 spiro atoms. The van der Waals surface area contributed by atoms with E-state index >= 15 is 0 Å². The van der Waals surface area contributed by atoms with Crippen molar-refractivity contribution in [2.75, 3.05) is 19.8 Å². The fourth-order valence-corrected chi connectivity index (χ4v) is 3.82. The molecule has 0 aliphatic heterocycles. The summed E-state index contributed by atoms with van der Waals surface area (Å²) in [6, 6.07) is -1.28. The summed E-state index contributed by atoms with van der Waals surface area (Å²) < 4.78 is 11.5. The summed E-state index contributed by atoms with van der Waals surface area (Å²) in [6.45, 7) is 14.4. The van der Waals surface area contributed by atoms with Crippen molar-refractivity contribution in [1.29, 1.82) is 0 Å². The number of aliphatic carboxylic acids is 2. The van der Waals surface area contributed by atoms with Crippen LogP contribution in [0.5, 0.6) is 0 Å². The molecule has 0 heterocycles. The van der Waals surface area contributed by atoms with Gasteiger partial charge in [0.1, 0.15) is 11.8 Å². The SMILES string of the molecule is CC(=O)CCC(C)(C)OCCC(C)OCCNC(=O)CCC(NC(=O)C(C)(C)CC(C)(C)C(=O)O)C(=O)O. The molecule has 0 bridgehead atoms. The second-order valence-electron chi connectivity index (χ2n) is 11.8. The maximum Gasteiger partial charge on any atom is 0.326 e. The minimum absolute atomic E-state index is 0.0101. The number of carbonyl (C=O) groups excluding carboxylic acids is 3. The van der Waals surface area contributed by atoms with Gasteiger partial charge in [0.2, 0.25) is 11.8 Å². The van der Waals surface area contributed by atoms with E-state index in [0.29, 0.717) is 25.9 Å². The zero-order valence-corrected chi connectivity index (χ0v) is 24.3. The number of nitrogens with one attached hydrogen (secondary N) is 2. The van der Waals surface area contributed by atoms with Crippen LogP contribution in [0.25, 0.3) is 0 Å². The number of rotatable bonds is 20. The Balaban J connectivity index is 4.41. The number of Topliss-reactive ketones (excluding diaryl/α,β-unsaturated/α-hetero) is 1. The van der Waals surface area contributed by atoms with Crippen molar-refractivity contribution in [3.8, 4) is 0 Å². The molecule has 11 heteroatoms. The molecule has 0 radical (unpaired) electrons. The van der Waals surface area contributed by atoms with Crippen LogP contribution in [0.1, 0.15) is 93.9 Å². The van der Waals surface area contributed by atoms with Crippen LogP contribution in [0.3, 0.4) is 0 Å². The lowest BCUT2D eigenvalue weighted by atomic mass is 9.74. The zero-order chi connectivity index (χ0) is 29.7. The van der Waals surface area contributed by atoms with E-state index in [1.54, 1.807) is 20.8 Å². The maximum absolute atomic E-state index is 12.7. The molecule has 0 aromatic carbocycles. The molecule has 4 N–H and O–H groups in total. The lowest BCUT2D eigenvalue weighted by Crippen LogP contribution is -2.48. The molecule has 0 saturated carbocycles. The van der Waals surface area contributed by atoms with Gasteiger partial charge in [-0.3, -0.25) is 14.4 Å². The number of ketones is 1. The van der Waals surface area contributed by atoms with E-state index < -0.39 is 40.3 Å². The van der Waals surface area contributed by atoms with Gasteiger partial charge in [-0.2, -0.15) is 0 Å². The van der Waals surface area contributed by atoms with E-state index in [9.17, 15) is 34.2 Å². The number of carboxylic acid groups (broad SMARTS) is 2. The Morgan fingerprint density at radius 2 is 1.47 bits per heavy atom. The van der Waals surface area contributed by atoms with Crippen molar-refractivity contribution < 1.29 is 43.7 Å². The van der Waals surface area contributed by atoms with E-state index in [1.165, 1.54) is 13.8 Å². The molecular formula is C27H48N2O9. The van der Waals surface area contributed by atoms with Gasteiger partial charge in [0.15, 0.2) is 0 Å². The smallest absolute Gasteiger partial charge is 0.326 e. The molecule has 0 rings (SSSR count). The highest BCUT2D eigenvalue weighted by atomic mass is 16.5. The molecule has 2 unspecified atom stereocenters. The van der Waals surface area contributed by atoms with Gasteiger partial charge in [0.25, 0.3) is 0 Å². The van der Waals surface area contributed by atoms with Crippen LogP contribution in [-0.2, 0) is 33.4 Å². The third-order valence-corrected chi connectivity index (χ3v) is 6.26. The van der Waals surface area contributed by atoms with Gasteiger partial charge in [-0.25, -0.2) is 4.79 Å². The van der Waals surface area contributed by atoms with Crippen molar-refractivity contribution in [3.63, 3.8) is 0 Å². The first-order chi connectivity index (χ1) is 17.3. The molecular weight excluding hydrogens is 496 g/mol. The molecule has 11 nitrogen and oxygen atoms in total. The minimum Gasteiger partial charge on any atom is -0.481 e. The second kappa shape index (κ2) is 15.8. The van der Waals surface area contributed by atoms with E-state index in [1.807, 2.05) is 20.8 Å². The number of ether oxygens (including phenoxy) is 2. The third kappa shape index (κ3) is 15.0. The average molecular weight is 545 g/mol. The Labute approximate surface area is 226 Å². The Morgan fingerprint density at radius 3 is 2.00 bits per heavy atom. The van der Waals surface area contributed by atoms with Gasteiger partial charge < -0.3 is 35.1 Å². The van der Waals surface area contributed by atoms with Gasteiger partial charge >= 0.3 is 11.9 Å². The van der Waals surface area contributed by atoms with E-state index in [-0.39, 0.29) is 50.2 Å². The predicted octanol–water partition coefficient (Wildman–Crippen LogP) is 2.94. The largest absolute Gasteiger partial charge is 0.481 e. The van der Waals surface area contributed by atoms with Crippen LogP contribution in [0, 0.1) is 10.8 Å². The highest BCUT2D eigenvalue weighted by molar-refractivity contribution is 5.88. The van der Waals surface area contributed by atoms with Crippen molar-refractivity contribution in [2.45, 2.75) is 112 Å². The van der Waals surface area contributed by atoms with Crippen molar-refractivity contribution >= 4 is 29.5 Å².